The molecule has 1 fully saturated rings. The molecule has 7 nitrogen and oxygen atoms in total. The van der Waals surface area contributed by atoms with Crippen LogP contribution in [0.3, 0.4) is 0 Å². The van der Waals surface area contributed by atoms with Gasteiger partial charge in [0.05, 0.1) is 11.6 Å². The predicted molar refractivity (Wildman–Crippen MR) is 125 cm³/mol. The smallest absolute Gasteiger partial charge is 0.233 e. The van der Waals surface area contributed by atoms with E-state index in [9.17, 15) is 4.79 Å². The predicted octanol–water partition coefficient (Wildman–Crippen LogP) is 3.11. The monoisotopic (exact) mass is 486 g/mol. The van der Waals surface area contributed by atoms with E-state index in [2.05, 4.69) is 61.9 Å². The molecule has 2 atom stereocenters. The Balaban J connectivity index is 1.46. The Morgan fingerprint density at radius 2 is 1.97 bits per heavy atom. The lowest BCUT2D eigenvalue weighted by Gasteiger charge is -2.38. The second-order valence-corrected chi connectivity index (χ2v) is 9.74. The summed E-state index contributed by atoms with van der Waals surface area (Å²) in [6.07, 6.45) is 5.63. The van der Waals surface area contributed by atoms with E-state index in [1.165, 1.54) is 11.3 Å². The minimum atomic E-state index is -0.287. The Labute approximate surface area is 192 Å². The highest BCUT2D eigenvalue weighted by atomic mass is 79.9. The number of aryl methyl sites for hydroxylation is 1. The van der Waals surface area contributed by atoms with Crippen LogP contribution < -0.4 is 10.2 Å². The summed E-state index contributed by atoms with van der Waals surface area (Å²) in [6, 6.07) is 4.20. The first-order valence-corrected chi connectivity index (χ1v) is 12.0. The van der Waals surface area contributed by atoms with Crippen LogP contribution in [-0.4, -0.2) is 64.5 Å². The largest absolute Gasteiger partial charge is 0.353 e. The molecule has 0 bridgehead atoms. The van der Waals surface area contributed by atoms with Gasteiger partial charge in [-0.25, -0.2) is 9.97 Å². The third kappa shape index (κ3) is 4.90. The molecule has 1 amide bonds. The van der Waals surface area contributed by atoms with E-state index < -0.39 is 0 Å². The van der Waals surface area contributed by atoms with Gasteiger partial charge in [-0.1, -0.05) is 20.8 Å². The summed E-state index contributed by atoms with van der Waals surface area (Å²) in [6.45, 7) is 10.0. The summed E-state index contributed by atoms with van der Waals surface area (Å²) in [7, 11) is 0. The normalized spacial score (nSPS) is 19.6. The molecule has 3 heterocycles. The number of rotatable bonds is 6. The van der Waals surface area contributed by atoms with Crippen molar-refractivity contribution < 1.29 is 4.79 Å². The summed E-state index contributed by atoms with van der Waals surface area (Å²) < 4.78 is 0.916. The number of carbonyl (C=O) groups is 1. The Bertz CT molecular complexity index is 911. The van der Waals surface area contributed by atoms with E-state index in [1.807, 2.05) is 17.0 Å². The fourth-order valence-electron chi connectivity index (χ4n) is 4.50. The minimum absolute atomic E-state index is 0.143. The number of hydrogen-bond donors (Lipinski definition) is 1. The number of aromatic nitrogens is 3. The summed E-state index contributed by atoms with van der Waals surface area (Å²) in [4.78, 5) is 31.4. The lowest BCUT2D eigenvalue weighted by Crippen LogP contribution is -2.51. The molecule has 2 aliphatic rings. The number of carbonyl (C=O) groups excluding carboxylic acids is 1. The third-order valence-electron chi connectivity index (χ3n) is 6.28. The Morgan fingerprint density at radius 3 is 2.65 bits per heavy atom. The molecule has 4 rings (SSSR count). The van der Waals surface area contributed by atoms with Crippen molar-refractivity contribution in [2.75, 3.05) is 37.6 Å². The number of hydrogen-bond acceptors (Lipinski definition) is 6. The lowest BCUT2D eigenvalue weighted by molar-refractivity contribution is -0.133. The van der Waals surface area contributed by atoms with Crippen LogP contribution in [0.15, 0.2) is 29.1 Å². The van der Waals surface area contributed by atoms with Gasteiger partial charge < -0.3 is 15.1 Å². The van der Waals surface area contributed by atoms with Crippen LogP contribution in [0.1, 0.15) is 56.0 Å². The first-order chi connectivity index (χ1) is 14.9. The van der Waals surface area contributed by atoms with Gasteiger partial charge >= 0.3 is 0 Å². The lowest BCUT2D eigenvalue weighted by atomic mass is 10.0. The van der Waals surface area contributed by atoms with Gasteiger partial charge in [-0.05, 0) is 46.8 Å². The molecule has 0 spiro atoms. The van der Waals surface area contributed by atoms with Gasteiger partial charge in [0.25, 0.3) is 0 Å². The van der Waals surface area contributed by atoms with Crippen LogP contribution in [-0.2, 0) is 11.2 Å². The van der Waals surface area contributed by atoms with Crippen molar-refractivity contribution >= 4 is 27.7 Å². The van der Waals surface area contributed by atoms with E-state index in [4.69, 9.17) is 0 Å². The first-order valence-electron chi connectivity index (χ1n) is 11.2. The summed E-state index contributed by atoms with van der Waals surface area (Å²) in [5.41, 5.74) is 3.31. The molecule has 1 unspecified atom stereocenters. The number of nitrogens with zero attached hydrogens (tertiary/aromatic N) is 5. The van der Waals surface area contributed by atoms with Gasteiger partial charge in [0, 0.05) is 60.7 Å². The Kier molecular flexibility index (Phi) is 6.86. The molecule has 1 aliphatic carbocycles. The molecule has 166 valence electrons. The number of halogens is 1. The second-order valence-electron chi connectivity index (χ2n) is 8.83. The zero-order valence-electron chi connectivity index (χ0n) is 18.5. The van der Waals surface area contributed by atoms with Crippen LogP contribution >= 0.6 is 15.9 Å². The minimum Gasteiger partial charge on any atom is -0.353 e. The molecule has 8 heteroatoms. The number of fused-ring (bicyclic) bond motifs is 1. The maximum absolute atomic E-state index is 13.5. The molecule has 2 aromatic heterocycles. The van der Waals surface area contributed by atoms with Gasteiger partial charge in [0.1, 0.15) is 12.1 Å². The number of anilines is 1. The number of piperazine rings is 1. The maximum atomic E-state index is 13.5. The number of pyridine rings is 1. The number of amides is 1. The van der Waals surface area contributed by atoms with Crippen LogP contribution in [0.4, 0.5) is 5.82 Å². The topological polar surface area (TPSA) is 74.2 Å². The molecule has 0 aromatic carbocycles. The van der Waals surface area contributed by atoms with Crippen molar-refractivity contribution in [3.8, 4) is 0 Å². The molecular formula is C23H31BrN6O. The SMILES string of the molecule is CC(C)NC[C@@H](C(=O)N1CCN(c2ncnc3c2C(C)CC3)CC1)c1ccc(Br)cn1. The van der Waals surface area contributed by atoms with Crippen molar-refractivity contribution in [1.82, 2.24) is 25.2 Å². The van der Waals surface area contributed by atoms with Gasteiger partial charge in [0.15, 0.2) is 0 Å². The zero-order chi connectivity index (χ0) is 22.0. The second kappa shape index (κ2) is 9.61. The van der Waals surface area contributed by atoms with Gasteiger partial charge in [-0.3, -0.25) is 9.78 Å². The molecular weight excluding hydrogens is 456 g/mol. The van der Waals surface area contributed by atoms with Gasteiger partial charge in [-0.2, -0.15) is 0 Å². The van der Waals surface area contributed by atoms with Crippen molar-refractivity contribution in [3.63, 3.8) is 0 Å². The summed E-state index contributed by atoms with van der Waals surface area (Å²) >= 11 is 3.44. The Morgan fingerprint density at radius 1 is 1.19 bits per heavy atom. The third-order valence-corrected chi connectivity index (χ3v) is 6.75. The standard InChI is InChI=1S/C23H31BrN6O/c1-15(2)25-13-18(19-7-5-17(24)12-26-19)23(31)30-10-8-29(9-11-30)22-21-16(3)4-6-20(21)27-14-28-22/h5,7,12,14-16,18,25H,4,6,8-11,13H2,1-3H3/t16?,18-/m1/s1. The average molecular weight is 487 g/mol. The molecule has 1 saturated heterocycles. The van der Waals surface area contributed by atoms with Crippen molar-refractivity contribution in [2.24, 2.45) is 0 Å². The molecule has 0 radical (unpaired) electrons. The highest BCUT2D eigenvalue weighted by Gasteiger charge is 2.32. The highest BCUT2D eigenvalue weighted by molar-refractivity contribution is 9.10. The van der Waals surface area contributed by atoms with Crippen LogP contribution in [0.25, 0.3) is 0 Å². The Hall–Kier alpha value is -2.06. The van der Waals surface area contributed by atoms with Crippen LogP contribution in [0.2, 0.25) is 0 Å². The van der Waals surface area contributed by atoms with E-state index in [1.54, 1.807) is 12.5 Å². The number of nitrogens with one attached hydrogen (secondary N) is 1. The zero-order valence-corrected chi connectivity index (χ0v) is 20.1. The van der Waals surface area contributed by atoms with E-state index >= 15 is 0 Å². The summed E-state index contributed by atoms with van der Waals surface area (Å²) in [5.74, 6) is 1.42. The molecule has 2 aromatic rings. The van der Waals surface area contributed by atoms with Gasteiger partial charge in [-0.15, -0.1) is 0 Å². The van der Waals surface area contributed by atoms with E-state index in [0.29, 0.717) is 31.6 Å². The van der Waals surface area contributed by atoms with Gasteiger partial charge in [0.2, 0.25) is 5.91 Å². The van der Waals surface area contributed by atoms with Crippen LogP contribution in [0.5, 0.6) is 0 Å². The van der Waals surface area contributed by atoms with Crippen molar-refractivity contribution in [2.45, 2.75) is 51.5 Å². The van der Waals surface area contributed by atoms with E-state index in [-0.39, 0.29) is 11.8 Å². The van der Waals surface area contributed by atoms with E-state index in [0.717, 1.165) is 41.9 Å². The molecule has 0 saturated carbocycles. The van der Waals surface area contributed by atoms with Crippen molar-refractivity contribution in [1.29, 1.82) is 0 Å². The fourth-order valence-corrected chi connectivity index (χ4v) is 4.73. The molecule has 31 heavy (non-hydrogen) atoms. The quantitative estimate of drug-likeness (QED) is 0.675. The fraction of sp³-hybridized carbons (Fsp3) is 0.565. The maximum Gasteiger partial charge on any atom is 0.233 e. The highest BCUT2D eigenvalue weighted by Crippen LogP contribution is 2.37. The first kappa shape index (κ1) is 22.1. The molecule has 1 aliphatic heterocycles. The summed E-state index contributed by atoms with van der Waals surface area (Å²) in [5, 5.41) is 3.42. The van der Waals surface area contributed by atoms with Crippen LogP contribution in [0, 0.1) is 0 Å². The molecule has 1 N–H and O–H groups in total. The average Bonchev–Trinajstić information content (AvgIpc) is 3.16. The van der Waals surface area contributed by atoms with Crippen molar-refractivity contribution in [3.05, 3.63) is 46.1 Å².